The van der Waals surface area contributed by atoms with Gasteiger partial charge in [0.25, 0.3) is 5.91 Å². The van der Waals surface area contributed by atoms with Crippen LogP contribution in [-0.4, -0.2) is 5.91 Å². The Kier molecular flexibility index (Phi) is 4.43. The molecule has 0 fully saturated rings. The van der Waals surface area contributed by atoms with Crippen molar-refractivity contribution >= 4 is 50.5 Å². The summed E-state index contributed by atoms with van der Waals surface area (Å²) in [5.74, 6) is -0.162. The lowest BCUT2D eigenvalue weighted by molar-refractivity contribution is 0.103. The number of aryl methyl sites for hydroxylation is 1. The highest BCUT2D eigenvalue weighted by Gasteiger charge is 2.14. The summed E-state index contributed by atoms with van der Waals surface area (Å²) in [5.41, 5.74) is 2.87. The highest BCUT2D eigenvalue weighted by atomic mass is 79.9. The highest BCUT2D eigenvalue weighted by molar-refractivity contribution is 9.08. The molecule has 2 nitrogen and oxygen atoms in total. The Morgan fingerprint density at radius 2 is 2.06 bits per heavy atom. The molecule has 0 spiro atoms. The number of hydrogen-bond acceptors (Lipinski definition) is 2. The van der Waals surface area contributed by atoms with E-state index in [1.54, 1.807) is 0 Å². The van der Waals surface area contributed by atoms with Gasteiger partial charge in [0.1, 0.15) is 4.88 Å². The summed E-state index contributed by atoms with van der Waals surface area (Å²) in [4.78, 5) is 12.6. The van der Waals surface area contributed by atoms with Crippen molar-refractivity contribution in [3.63, 3.8) is 0 Å². The Balaban J connectivity index is 2.13. The van der Waals surface area contributed by atoms with Gasteiger partial charge in [0.05, 0.1) is 5.02 Å². The van der Waals surface area contributed by atoms with Crippen molar-refractivity contribution in [3.8, 4) is 0 Å². The van der Waals surface area contributed by atoms with Gasteiger partial charge in [-0.05, 0) is 35.6 Å². The lowest BCUT2D eigenvalue weighted by Gasteiger charge is -2.05. The zero-order valence-corrected chi connectivity index (χ0v) is 12.8. The van der Waals surface area contributed by atoms with Gasteiger partial charge in [-0.1, -0.05) is 39.7 Å². The number of carbonyl (C=O) groups excluding carboxylic acids is 1. The number of rotatable bonds is 3. The van der Waals surface area contributed by atoms with Crippen LogP contribution in [0.3, 0.4) is 0 Å². The van der Waals surface area contributed by atoms with Gasteiger partial charge in [0, 0.05) is 11.0 Å². The molecule has 0 aliphatic heterocycles. The van der Waals surface area contributed by atoms with Crippen LogP contribution in [0.1, 0.15) is 20.8 Å². The van der Waals surface area contributed by atoms with Crippen LogP contribution in [-0.2, 0) is 5.33 Å². The van der Waals surface area contributed by atoms with Crippen LogP contribution in [0.15, 0.2) is 29.6 Å². The fraction of sp³-hybridized carbons (Fsp3) is 0.154. The van der Waals surface area contributed by atoms with E-state index in [0.29, 0.717) is 9.90 Å². The SMILES string of the molecule is Cc1csc(C(=O)Nc2ccc(CBr)cc2)c1Cl. The van der Waals surface area contributed by atoms with Crippen molar-refractivity contribution in [3.05, 3.63) is 50.7 Å². The van der Waals surface area contributed by atoms with Crippen molar-refractivity contribution in [2.24, 2.45) is 0 Å². The van der Waals surface area contributed by atoms with E-state index in [-0.39, 0.29) is 5.91 Å². The minimum Gasteiger partial charge on any atom is -0.321 e. The average Bonchev–Trinajstić information content (AvgIpc) is 2.71. The zero-order chi connectivity index (χ0) is 13.1. The second-order valence-corrected chi connectivity index (χ2v) is 5.66. The van der Waals surface area contributed by atoms with Crippen LogP contribution in [0, 0.1) is 6.92 Å². The van der Waals surface area contributed by atoms with Crippen LogP contribution in [0.25, 0.3) is 0 Å². The van der Waals surface area contributed by atoms with Crippen LogP contribution < -0.4 is 5.32 Å². The molecule has 1 amide bonds. The molecule has 2 aromatic rings. The van der Waals surface area contributed by atoms with Gasteiger partial charge >= 0.3 is 0 Å². The standard InChI is InChI=1S/C13H11BrClNOS/c1-8-7-18-12(11(8)15)13(17)16-10-4-2-9(6-14)3-5-10/h2-5,7H,6H2,1H3,(H,16,17). The van der Waals surface area contributed by atoms with E-state index >= 15 is 0 Å². The summed E-state index contributed by atoms with van der Waals surface area (Å²) in [6.07, 6.45) is 0. The molecular weight excluding hydrogens is 334 g/mol. The number of anilines is 1. The van der Waals surface area contributed by atoms with E-state index in [4.69, 9.17) is 11.6 Å². The van der Waals surface area contributed by atoms with Crippen molar-refractivity contribution in [1.29, 1.82) is 0 Å². The molecule has 1 aromatic carbocycles. The molecule has 0 bridgehead atoms. The molecule has 0 radical (unpaired) electrons. The Hall–Kier alpha value is -0.840. The Labute approximate surface area is 123 Å². The fourth-order valence-electron chi connectivity index (χ4n) is 1.45. The number of benzene rings is 1. The first-order valence-electron chi connectivity index (χ1n) is 5.31. The summed E-state index contributed by atoms with van der Waals surface area (Å²) < 4.78 is 0. The van der Waals surface area contributed by atoms with Gasteiger partial charge in [0.2, 0.25) is 0 Å². The molecule has 94 valence electrons. The molecule has 0 saturated carbocycles. The maximum Gasteiger partial charge on any atom is 0.267 e. The molecule has 1 N–H and O–H groups in total. The maximum atomic E-state index is 12.0. The topological polar surface area (TPSA) is 29.1 Å². The van der Waals surface area contributed by atoms with Gasteiger partial charge in [-0.25, -0.2) is 0 Å². The molecule has 5 heteroatoms. The summed E-state index contributed by atoms with van der Waals surface area (Å²) in [5, 5.41) is 6.05. The third-order valence-corrected chi connectivity index (χ3v) is 4.81. The normalized spacial score (nSPS) is 10.4. The van der Waals surface area contributed by atoms with Crippen molar-refractivity contribution in [2.45, 2.75) is 12.3 Å². The van der Waals surface area contributed by atoms with Gasteiger partial charge in [-0.2, -0.15) is 0 Å². The second kappa shape index (κ2) is 5.87. The summed E-state index contributed by atoms with van der Waals surface area (Å²) in [6.45, 7) is 1.89. The number of carbonyl (C=O) groups is 1. The first kappa shape index (κ1) is 13.6. The predicted molar refractivity (Wildman–Crippen MR) is 81.1 cm³/mol. The van der Waals surface area contributed by atoms with E-state index in [1.165, 1.54) is 11.3 Å². The Bertz CT molecular complexity index is 565. The average molecular weight is 345 g/mol. The van der Waals surface area contributed by atoms with E-state index in [2.05, 4.69) is 21.2 Å². The molecule has 0 aliphatic rings. The van der Waals surface area contributed by atoms with Gasteiger partial charge in [-0.15, -0.1) is 11.3 Å². The molecule has 0 aliphatic carbocycles. The Morgan fingerprint density at radius 1 is 1.39 bits per heavy atom. The number of halogens is 2. The largest absolute Gasteiger partial charge is 0.321 e. The van der Waals surface area contributed by atoms with Gasteiger partial charge < -0.3 is 5.32 Å². The summed E-state index contributed by atoms with van der Waals surface area (Å²) >= 11 is 10.8. The van der Waals surface area contributed by atoms with Crippen LogP contribution in [0.4, 0.5) is 5.69 Å². The second-order valence-electron chi connectivity index (χ2n) is 3.85. The first-order chi connectivity index (χ1) is 8.61. The van der Waals surface area contributed by atoms with Gasteiger partial charge in [0.15, 0.2) is 0 Å². The smallest absolute Gasteiger partial charge is 0.267 e. The maximum absolute atomic E-state index is 12.0. The van der Waals surface area contributed by atoms with Crippen molar-refractivity contribution < 1.29 is 4.79 Å². The van der Waals surface area contributed by atoms with Crippen LogP contribution >= 0.6 is 38.9 Å². The molecular formula is C13H11BrClNOS. The lowest BCUT2D eigenvalue weighted by atomic mass is 10.2. The van der Waals surface area contributed by atoms with Crippen LogP contribution in [0.5, 0.6) is 0 Å². The van der Waals surface area contributed by atoms with E-state index in [9.17, 15) is 4.79 Å². The minimum atomic E-state index is -0.162. The third-order valence-electron chi connectivity index (χ3n) is 2.47. The number of alkyl halides is 1. The van der Waals surface area contributed by atoms with Gasteiger partial charge in [-0.3, -0.25) is 4.79 Å². The quantitative estimate of drug-likeness (QED) is 0.792. The molecule has 2 rings (SSSR count). The fourth-order valence-corrected chi connectivity index (χ4v) is 3.00. The number of thiophene rings is 1. The number of hydrogen-bond donors (Lipinski definition) is 1. The lowest BCUT2D eigenvalue weighted by Crippen LogP contribution is -2.10. The number of amides is 1. The van der Waals surface area contributed by atoms with E-state index in [1.807, 2.05) is 36.6 Å². The monoisotopic (exact) mass is 343 g/mol. The zero-order valence-electron chi connectivity index (χ0n) is 9.67. The molecule has 1 aromatic heterocycles. The van der Waals surface area contributed by atoms with Crippen molar-refractivity contribution in [2.75, 3.05) is 5.32 Å². The van der Waals surface area contributed by atoms with E-state index < -0.39 is 0 Å². The molecule has 0 saturated heterocycles. The summed E-state index contributed by atoms with van der Waals surface area (Å²) in [7, 11) is 0. The molecule has 18 heavy (non-hydrogen) atoms. The number of nitrogens with one attached hydrogen (secondary N) is 1. The molecule has 1 heterocycles. The van der Waals surface area contributed by atoms with Crippen molar-refractivity contribution in [1.82, 2.24) is 0 Å². The first-order valence-corrected chi connectivity index (χ1v) is 7.69. The van der Waals surface area contributed by atoms with E-state index in [0.717, 1.165) is 22.1 Å². The predicted octanol–water partition coefficient (Wildman–Crippen LogP) is 4.86. The molecule has 0 atom stereocenters. The van der Waals surface area contributed by atoms with Crippen LogP contribution in [0.2, 0.25) is 5.02 Å². The minimum absolute atomic E-state index is 0.162. The Morgan fingerprint density at radius 3 is 2.56 bits per heavy atom. The summed E-state index contributed by atoms with van der Waals surface area (Å²) in [6, 6.07) is 7.68. The third kappa shape index (κ3) is 2.94. The molecule has 0 unspecified atom stereocenters. The highest BCUT2D eigenvalue weighted by Crippen LogP contribution is 2.27.